The molecular weight excluding hydrogens is 322 g/mol. The molecule has 1 heterocycles. The van der Waals surface area contributed by atoms with Crippen molar-refractivity contribution < 1.29 is 4.79 Å². The highest BCUT2D eigenvalue weighted by Gasteiger charge is 2.35. The lowest BCUT2D eigenvalue weighted by Gasteiger charge is -2.44. The summed E-state index contributed by atoms with van der Waals surface area (Å²) in [5.41, 5.74) is 3.56. The number of fused-ring (bicyclic) bond motifs is 1. The van der Waals surface area contributed by atoms with E-state index in [-0.39, 0.29) is 18.0 Å². The van der Waals surface area contributed by atoms with Crippen molar-refractivity contribution in [1.82, 2.24) is 15.1 Å². The van der Waals surface area contributed by atoms with Crippen molar-refractivity contribution in [1.29, 1.82) is 0 Å². The molecule has 4 nitrogen and oxygen atoms in total. The molecule has 4 heteroatoms. The maximum atomic E-state index is 12.8. The number of nitrogens with one attached hydrogen (secondary N) is 1. The molecule has 0 radical (unpaired) electrons. The van der Waals surface area contributed by atoms with Crippen LogP contribution in [-0.4, -0.2) is 55.0 Å². The third kappa shape index (κ3) is 3.53. The molecular formula is C22H27N3O. The van der Waals surface area contributed by atoms with Crippen molar-refractivity contribution in [3.05, 3.63) is 71.3 Å². The second-order valence-corrected chi connectivity index (χ2v) is 7.47. The Morgan fingerprint density at radius 1 is 0.962 bits per heavy atom. The highest BCUT2D eigenvalue weighted by molar-refractivity contribution is 5.94. The maximum Gasteiger partial charge on any atom is 0.251 e. The van der Waals surface area contributed by atoms with E-state index in [1.54, 1.807) is 0 Å². The Bertz CT molecular complexity index is 753. The fraction of sp³-hybridized carbons (Fsp3) is 0.409. The molecule has 1 amide bonds. The molecule has 1 aliphatic heterocycles. The number of amides is 1. The Balaban J connectivity index is 1.59. The Morgan fingerprint density at radius 3 is 2.42 bits per heavy atom. The quantitative estimate of drug-likeness (QED) is 0.925. The maximum absolute atomic E-state index is 12.8. The largest absolute Gasteiger partial charge is 0.347 e. The highest BCUT2D eigenvalue weighted by Crippen LogP contribution is 2.35. The number of benzene rings is 2. The minimum absolute atomic E-state index is 0.0362. The molecule has 2 aromatic rings. The normalized spacial score (nSPS) is 24.0. The topological polar surface area (TPSA) is 35.6 Å². The van der Waals surface area contributed by atoms with Gasteiger partial charge in [0.25, 0.3) is 5.91 Å². The number of rotatable bonds is 3. The van der Waals surface area contributed by atoms with Crippen LogP contribution in [0.1, 0.15) is 33.9 Å². The average molecular weight is 349 g/mol. The number of carbonyl (C=O) groups is 1. The van der Waals surface area contributed by atoms with Crippen LogP contribution in [0, 0.1) is 0 Å². The molecule has 1 N–H and O–H groups in total. The summed E-state index contributed by atoms with van der Waals surface area (Å²) in [6, 6.07) is 18.7. The summed E-state index contributed by atoms with van der Waals surface area (Å²) in [4.78, 5) is 17.7. The molecule has 2 aliphatic rings. The Hall–Kier alpha value is -2.17. The van der Waals surface area contributed by atoms with Gasteiger partial charge in [-0.2, -0.15) is 0 Å². The lowest BCUT2D eigenvalue weighted by atomic mass is 9.82. The van der Waals surface area contributed by atoms with E-state index in [4.69, 9.17) is 0 Å². The first-order chi connectivity index (χ1) is 12.7. The smallest absolute Gasteiger partial charge is 0.251 e. The second-order valence-electron chi connectivity index (χ2n) is 7.47. The van der Waals surface area contributed by atoms with Crippen LogP contribution in [-0.2, 0) is 6.42 Å². The molecule has 0 aromatic heterocycles. The molecule has 0 bridgehead atoms. The molecule has 1 saturated heterocycles. The Labute approximate surface area is 155 Å². The molecule has 0 spiro atoms. The van der Waals surface area contributed by atoms with Crippen LogP contribution in [0.15, 0.2) is 54.6 Å². The summed E-state index contributed by atoms with van der Waals surface area (Å²) in [6.07, 6.45) is 2.02. The van der Waals surface area contributed by atoms with Crippen molar-refractivity contribution in [2.24, 2.45) is 0 Å². The monoisotopic (exact) mass is 349 g/mol. The van der Waals surface area contributed by atoms with E-state index in [1.165, 1.54) is 11.1 Å². The SMILES string of the molecule is CN1CCN(C2c3ccccc3CCC2NC(=O)c2ccccc2)CC1. The summed E-state index contributed by atoms with van der Waals surface area (Å²) in [5.74, 6) is 0.0362. The Kier molecular flexibility index (Phi) is 5.05. The summed E-state index contributed by atoms with van der Waals surface area (Å²) in [5, 5.41) is 3.34. The zero-order valence-electron chi connectivity index (χ0n) is 15.4. The van der Waals surface area contributed by atoms with Gasteiger partial charge in [-0.3, -0.25) is 9.69 Å². The van der Waals surface area contributed by atoms with Gasteiger partial charge in [-0.05, 0) is 43.1 Å². The van der Waals surface area contributed by atoms with Crippen LogP contribution in [0.5, 0.6) is 0 Å². The van der Waals surface area contributed by atoms with Crippen LogP contribution in [0.4, 0.5) is 0 Å². The predicted molar refractivity (Wildman–Crippen MR) is 104 cm³/mol. The van der Waals surface area contributed by atoms with Gasteiger partial charge >= 0.3 is 0 Å². The van der Waals surface area contributed by atoms with E-state index in [9.17, 15) is 4.79 Å². The van der Waals surface area contributed by atoms with Gasteiger partial charge in [0.2, 0.25) is 0 Å². The van der Waals surface area contributed by atoms with Crippen LogP contribution in [0.25, 0.3) is 0 Å². The molecule has 136 valence electrons. The molecule has 4 rings (SSSR count). The molecule has 0 saturated carbocycles. The van der Waals surface area contributed by atoms with Crippen LogP contribution in [0.2, 0.25) is 0 Å². The summed E-state index contributed by atoms with van der Waals surface area (Å²) in [6.45, 7) is 4.26. The number of hydrogen-bond acceptors (Lipinski definition) is 3. The minimum Gasteiger partial charge on any atom is -0.347 e. The van der Waals surface area contributed by atoms with Crippen molar-refractivity contribution >= 4 is 5.91 Å². The Morgan fingerprint density at radius 2 is 1.65 bits per heavy atom. The van der Waals surface area contributed by atoms with Gasteiger partial charge in [0.05, 0.1) is 6.04 Å². The third-order valence-corrected chi connectivity index (χ3v) is 5.76. The van der Waals surface area contributed by atoms with Gasteiger partial charge in [-0.25, -0.2) is 0 Å². The number of nitrogens with zero attached hydrogens (tertiary/aromatic N) is 2. The molecule has 2 unspecified atom stereocenters. The van der Waals surface area contributed by atoms with Gasteiger partial charge < -0.3 is 10.2 Å². The average Bonchev–Trinajstić information content (AvgIpc) is 2.69. The first kappa shape index (κ1) is 17.3. The first-order valence-corrected chi connectivity index (χ1v) is 9.58. The van der Waals surface area contributed by atoms with E-state index in [2.05, 4.69) is 46.4 Å². The minimum atomic E-state index is 0.0362. The van der Waals surface area contributed by atoms with Gasteiger partial charge in [0.15, 0.2) is 0 Å². The van der Waals surface area contributed by atoms with Gasteiger partial charge in [-0.1, -0.05) is 42.5 Å². The van der Waals surface area contributed by atoms with E-state index >= 15 is 0 Å². The molecule has 2 atom stereocenters. The van der Waals surface area contributed by atoms with Crippen LogP contribution < -0.4 is 5.32 Å². The number of likely N-dealkylation sites (N-methyl/N-ethyl adjacent to an activating group) is 1. The fourth-order valence-electron chi connectivity index (χ4n) is 4.28. The van der Waals surface area contributed by atoms with Gasteiger partial charge in [0, 0.05) is 37.8 Å². The molecule has 2 aromatic carbocycles. The standard InChI is InChI=1S/C22H27N3O/c1-24-13-15-25(16-14-24)21-19-10-6-5-7-17(19)11-12-20(21)23-22(26)18-8-3-2-4-9-18/h2-10,20-21H,11-16H2,1H3,(H,23,26). The zero-order valence-corrected chi connectivity index (χ0v) is 15.4. The van der Waals surface area contributed by atoms with Gasteiger partial charge in [-0.15, -0.1) is 0 Å². The zero-order chi connectivity index (χ0) is 17.9. The molecule has 26 heavy (non-hydrogen) atoms. The third-order valence-electron chi connectivity index (χ3n) is 5.76. The van der Waals surface area contributed by atoms with Gasteiger partial charge in [0.1, 0.15) is 0 Å². The number of carbonyl (C=O) groups excluding carboxylic acids is 1. The lowest BCUT2D eigenvalue weighted by molar-refractivity contribution is 0.0725. The molecule has 1 aliphatic carbocycles. The van der Waals surface area contributed by atoms with E-state index < -0.39 is 0 Å². The molecule has 1 fully saturated rings. The van der Waals surface area contributed by atoms with Crippen molar-refractivity contribution in [2.75, 3.05) is 33.2 Å². The van der Waals surface area contributed by atoms with Crippen molar-refractivity contribution in [2.45, 2.75) is 24.9 Å². The lowest BCUT2D eigenvalue weighted by Crippen LogP contribution is -2.53. The van der Waals surface area contributed by atoms with Crippen molar-refractivity contribution in [3.63, 3.8) is 0 Å². The van der Waals surface area contributed by atoms with E-state index in [1.807, 2.05) is 30.3 Å². The van der Waals surface area contributed by atoms with Crippen molar-refractivity contribution in [3.8, 4) is 0 Å². The van der Waals surface area contributed by atoms with E-state index in [0.717, 1.165) is 44.6 Å². The van der Waals surface area contributed by atoms with E-state index in [0.29, 0.717) is 0 Å². The highest BCUT2D eigenvalue weighted by atomic mass is 16.1. The van der Waals surface area contributed by atoms with Crippen LogP contribution >= 0.6 is 0 Å². The summed E-state index contributed by atoms with van der Waals surface area (Å²) < 4.78 is 0. The number of aryl methyl sites for hydroxylation is 1. The second kappa shape index (κ2) is 7.60. The first-order valence-electron chi connectivity index (χ1n) is 9.58. The number of hydrogen-bond donors (Lipinski definition) is 1. The summed E-state index contributed by atoms with van der Waals surface area (Å²) >= 11 is 0. The fourth-order valence-corrected chi connectivity index (χ4v) is 4.28. The summed E-state index contributed by atoms with van der Waals surface area (Å²) in [7, 11) is 2.18. The predicted octanol–water partition coefficient (Wildman–Crippen LogP) is 2.72. The van der Waals surface area contributed by atoms with Crippen LogP contribution in [0.3, 0.4) is 0 Å². The number of piperazine rings is 1.